The fraction of sp³-hybridized carbons (Fsp3) is 0.500. The third-order valence-electron chi connectivity index (χ3n) is 4.77. The Hall–Kier alpha value is -2.42. The molecule has 2 N–H and O–H groups in total. The van der Waals surface area contributed by atoms with E-state index in [4.69, 9.17) is 19.4 Å². The maximum absolute atomic E-state index is 12.4. The summed E-state index contributed by atoms with van der Waals surface area (Å²) in [6, 6.07) is 10.2. The molecule has 8 nitrogen and oxygen atoms in total. The average molecular weight is 391 g/mol. The predicted octanol–water partition coefficient (Wildman–Crippen LogP) is 1.14. The van der Waals surface area contributed by atoms with Crippen molar-refractivity contribution in [3.05, 3.63) is 42.0 Å². The molecule has 2 fully saturated rings. The zero-order valence-electron chi connectivity index (χ0n) is 16.2. The van der Waals surface area contributed by atoms with Crippen LogP contribution in [0.15, 0.2) is 36.4 Å². The summed E-state index contributed by atoms with van der Waals surface area (Å²) in [5, 5.41) is 9.92. The van der Waals surface area contributed by atoms with E-state index in [1.54, 1.807) is 7.11 Å². The van der Waals surface area contributed by atoms with Gasteiger partial charge in [0.25, 0.3) is 6.47 Å². The van der Waals surface area contributed by atoms with Crippen LogP contribution < -0.4 is 5.32 Å². The van der Waals surface area contributed by atoms with E-state index in [0.717, 1.165) is 32.7 Å². The molecule has 0 aliphatic carbocycles. The van der Waals surface area contributed by atoms with Crippen molar-refractivity contribution in [2.75, 3.05) is 53.0 Å². The molecular formula is C20H29N3O5. The largest absolute Gasteiger partial charge is 0.483 e. The van der Waals surface area contributed by atoms with Crippen LogP contribution in [0, 0.1) is 0 Å². The van der Waals surface area contributed by atoms with E-state index in [0.29, 0.717) is 13.2 Å². The summed E-state index contributed by atoms with van der Waals surface area (Å²) < 4.78 is 10.7. The molecule has 0 spiro atoms. The topological polar surface area (TPSA) is 91.3 Å². The fourth-order valence-corrected chi connectivity index (χ4v) is 3.19. The van der Waals surface area contributed by atoms with Gasteiger partial charge in [0.2, 0.25) is 0 Å². The molecular weight excluding hydrogens is 362 g/mol. The summed E-state index contributed by atoms with van der Waals surface area (Å²) in [6.07, 6.45) is 4.28. The predicted molar refractivity (Wildman–Crippen MR) is 106 cm³/mol. The quantitative estimate of drug-likeness (QED) is 0.732. The van der Waals surface area contributed by atoms with Gasteiger partial charge in [-0.25, -0.2) is 4.79 Å². The number of hydrogen-bond acceptors (Lipinski definition) is 5. The van der Waals surface area contributed by atoms with Crippen LogP contribution in [-0.4, -0.2) is 92.6 Å². The van der Waals surface area contributed by atoms with Gasteiger partial charge < -0.3 is 24.8 Å². The van der Waals surface area contributed by atoms with Gasteiger partial charge in [-0.05, 0) is 5.56 Å². The van der Waals surface area contributed by atoms with E-state index < -0.39 is 0 Å². The number of ether oxygens (including phenoxy) is 2. The number of piperazine rings is 1. The molecule has 2 heterocycles. The summed E-state index contributed by atoms with van der Waals surface area (Å²) in [6.45, 7) is 5.00. The number of nitrogens with zero attached hydrogens (tertiary/aromatic N) is 2. The lowest BCUT2D eigenvalue weighted by Crippen LogP contribution is -2.55. The Balaban J connectivity index is 0.000000878. The second kappa shape index (κ2) is 12.1. The number of carbonyl (C=O) groups is 2. The van der Waals surface area contributed by atoms with E-state index in [-0.39, 0.29) is 24.6 Å². The number of amides is 2. The molecule has 0 unspecified atom stereocenters. The first-order valence-electron chi connectivity index (χ1n) is 9.35. The minimum absolute atomic E-state index is 0.0166. The highest BCUT2D eigenvalue weighted by molar-refractivity contribution is 5.74. The number of carbonyl (C=O) groups excluding carboxylic acids is 1. The first-order chi connectivity index (χ1) is 13.7. The van der Waals surface area contributed by atoms with Crippen LogP contribution in [-0.2, 0) is 14.3 Å². The van der Waals surface area contributed by atoms with E-state index in [1.165, 1.54) is 5.56 Å². The van der Waals surface area contributed by atoms with Gasteiger partial charge in [-0.2, -0.15) is 0 Å². The SMILES string of the molecule is CO[C@H]1COC[C@@H]1NC(=O)N1CCN(CC=Cc2ccccc2)CC1.O=CO. The van der Waals surface area contributed by atoms with Crippen molar-refractivity contribution in [2.45, 2.75) is 12.1 Å². The van der Waals surface area contributed by atoms with E-state index in [9.17, 15) is 4.79 Å². The molecule has 2 aliphatic rings. The Bertz CT molecular complexity index is 618. The van der Waals surface area contributed by atoms with Crippen LogP contribution in [0.2, 0.25) is 0 Å². The third-order valence-corrected chi connectivity index (χ3v) is 4.77. The first kappa shape index (κ1) is 21.9. The van der Waals surface area contributed by atoms with Crippen LogP contribution in [0.3, 0.4) is 0 Å². The normalized spacial score (nSPS) is 22.5. The van der Waals surface area contributed by atoms with Gasteiger partial charge >= 0.3 is 6.03 Å². The number of urea groups is 1. The van der Waals surface area contributed by atoms with Crippen molar-refractivity contribution in [3.63, 3.8) is 0 Å². The first-order valence-corrected chi connectivity index (χ1v) is 9.35. The number of nitrogens with one attached hydrogen (secondary N) is 1. The minimum atomic E-state index is -0.250. The molecule has 2 aliphatic heterocycles. The molecule has 0 radical (unpaired) electrons. The molecule has 0 saturated carbocycles. The van der Waals surface area contributed by atoms with Crippen LogP contribution in [0.5, 0.6) is 0 Å². The highest BCUT2D eigenvalue weighted by atomic mass is 16.5. The molecule has 2 saturated heterocycles. The van der Waals surface area contributed by atoms with Gasteiger partial charge in [-0.1, -0.05) is 42.5 Å². The second-order valence-electron chi connectivity index (χ2n) is 6.57. The van der Waals surface area contributed by atoms with E-state index in [2.05, 4.69) is 34.5 Å². The Morgan fingerprint density at radius 3 is 2.57 bits per heavy atom. The Kier molecular flexibility index (Phi) is 9.47. The molecule has 154 valence electrons. The number of rotatable bonds is 5. The summed E-state index contributed by atoms with van der Waals surface area (Å²) in [5.41, 5.74) is 1.21. The second-order valence-corrected chi connectivity index (χ2v) is 6.57. The lowest BCUT2D eigenvalue weighted by atomic mass is 10.2. The Morgan fingerprint density at radius 2 is 1.93 bits per heavy atom. The summed E-state index contributed by atoms with van der Waals surface area (Å²) in [5.74, 6) is 0. The van der Waals surface area contributed by atoms with Crippen molar-refractivity contribution < 1.29 is 24.2 Å². The number of carboxylic acid groups (broad SMARTS) is 1. The average Bonchev–Trinajstić information content (AvgIpc) is 3.17. The zero-order chi connectivity index (χ0) is 20.2. The van der Waals surface area contributed by atoms with Gasteiger partial charge in [0.15, 0.2) is 0 Å². The molecule has 8 heteroatoms. The maximum atomic E-state index is 12.4. The lowest BCUT2D eigenvalue weighted by molar-refractivity contribution is -0.122. The van der Waals surface area contributed by atoms with Crippen LogP contribution in [0.1, 0.15) is 5.56 Å². The monoisotopic (exact) mass is 391 g/mol. The summed E-state index contributed by atoms with van der Waals surface area (Å²) in [7, 11) is 1.65. The number of methoxy groups -OCH3 is 1. The van der Waals surface area contributed by atoms with Crippen LogP contribution in [0.25, 0.3) is 6.08 Å². The summed E-state index contributed by atoms with van der Waals surface area (Å²) in [4.78, 5) is 25.0. The fourth-order valence-electron chi connectivity index (χ4n) is 3.19. The smallest absolute Gasteiger partial charge is 0.317 e. The molecule has 0 aromatic heterocycles. The standard InChI is InChI=1S/C19H27N3O3.CH2O2/c1-24-18-15-25-14-17(18)20-19(23)22-12-10-21(11-13-22)9-5-8-16-6-3-2-4-7-16;2-1-3/h2-8,17-18H,9-15H2,1H3,(H,20,23);1H,(H,2,3)/t17-,18-;/m0./s1. The van der Waals surface area contributed by atoms with Gasteiger partial charge in [0.1, 0.15) is 6.10 Å². The molecule has 1 aromatic rings. The molecule has 0 bridgehead atoms. The van der Waals surface area contributed by atoms with Crippen molar-refractivity contribution in [2.24, 2.45) is 0 Å². The maximum Gasteiger partial charge on any atom is 0.317 e. The highest BCUT2D eigenvalue weighted by Crippen LogP contribution is 2.10. The van der Waals surface area contributed by atoms with Gasteiger partial charge in [-0.3, -0.25) is 9.69 Å². The van der Waals surface area contributed by atoms with Gasteiger partial charge in [-0.15, -0.1) is 0 Å². The molecule has 1 aromatic carbocycles. The van der Waals surface area contributed by atoms with Gasteiger partial charge in [0.05, 0.1) is 19.3 Å². The van der Waals surface area contributed by atoms with Crippen LogP contribution in [0.4, 0.5) is 4.79 Å². The molecule has 2 amide bonds. The zero-order valence-corrected chi connectivity index (χ0v) is 16.2. The highest BCUT2D eigenvalue weighted by Gasteiger charge is 2.31. The van der Waals surface area contributed by atoms with Crippen molar-refractivity contribution >= 4 is 18.6 Å². The minimum Gasteiger partial charge on any atom is -0.483 e. The third kappa shape index (κ3) is 6.95. The van der Waals surface area contributed by atoms with Crippen molar-refractivity contribution in [1.29, 1.82) is 0 Å². The van der Waals surface area contributed by atoms with Crippen molar-refractivity contribution in [1.82, 2.24) is 15.1 Å². The van der Waals surface area contributed by atoms with Crippen molar-refractivity contribution in [3.8, 4) is 0 Å². The van der Waals surface area contributed by atoms with Crippen LogP contribution >= 0.6 is 0 Å². The molecule has 28 heavy (non-hydrogen) atoms. The summed E-state index contributed by atoms with van der Waals surface area (Å²) >= 11 is 0. The van der Waals surface area contributed by atoms with E-state index >= 15 is 0 Å². The van der Waals surface area contributed by atoms with E-state index in [1.807, 2.05) is 23.1 Å². The Morgan fingerprint density at radius 1 is 1.25 bits per heavy atom. The number of hydrogen-bond donors (Lipinski definition) is 2. The lowest BCUT2D eigenvalue weighted by Gasteiger charge is -2.35. The van der Waals surface area contributed by atoms with Gasteiger partial charge in [0, 0.05) is 39.8 Å². The Labute approximate surface area is 165 Å². The molecule has 3 rings (SSSR count). The number of benzene rings is 1. The molecule has 2 atom stereocenters.